The maximum absolute atomic E-state index is 5.48. The van der Waals surface area contributed by atoms with Crippen LogP contribution >= 0.6 is 12.4 Å². The molecule has 8 bridgehead atoms. The first-order valence-electron chi connectivity index (χ1n) is 17.0. The molecule has 0 unspecified atom stereocenters. The highest BCUT2D eigenvalue weighted by molar-refractivity contribution is 6.10. The molecule has 0 saturated carbocycles. The van der Waals surface area contributed by atoms with E-state index in [0.29, 0.717) is 0 Å². The van der Waals surface area contributed by atoms with Crippen molar-refractivity contribution < 1.29 is 0 Å². The summed E-state index contributed by atoms with van der Waals surface area (Å²) in [4.78, 5) is 22.4. The van der Waals surface area contributed by atoms with E-state index in [4.69, 9.17) is 9.97 Å². The first-order chi connectivity index (χ1) is 24.6. The summed E-state index contributed by atoms with van der Waals surface area (Å²) >= 11 is 0. The molecule has 4 aliphatic heterocycles. The van der Waals surface area contributed by atoms with Crippen molar-refractivity contribution in [1.82, 2.24) is 29.7 Å². The molecule has 0 fully saturated rings. The van der Waals surface area contributed by atoms with Crippen LogP contribution in [0.25, 0.3) is 73.7 Å². The zero-order chi connectivity index (χ0) is 33.6. The van der Waals surface area contributed by atoms with Gasteiger partial charge in [0.05, 0.1) is 28.3 Å². The number of H-pyrrole nitrogens is 2. The van der Waals surface area contributed by atoms with Crippen molar-refractivity contribution in [1.29, 1.82) is 0 Å². The molecule has 51 heavy (non-hydrogen) atoms. The third-order valence-electron chi connectivity index (χ3n) is 9.56. The molecule has 0 saturated heterocycles. The largest absolute Gasteiger partial charge is 0.377 e. The molecular weight excluding hydrogens is 648 g/mol. The van der Waals surface area contributed by atoms with Gasteiger partial charge in [-0.2, -0.15) is 0 Å². The number of rotatable bonds is 4. The molecular formula is C44H37ClN6. The van der Waals surface area contributed by atoms with Gasteiger partial charge < -0.3 is 19.8 Å². The molecule has 6 nitrogen and oxygen atoms in total. The number of nitrogens with zero attached hydrogens (tertiary/aromatic N) is 4. The average molecular weight is 685 g/mol. The number of benzene rings is 2. The number of hydrogen-bond acceptors (Lipinski definition) is 4. The second-order valence-corrected chi connectivity index (χ2v) is 13.1. The zero-order valence-electron chi connectivity index (χ0n) is 28.5. The number of allylic oxidation sites excluding steroid dienone is 5. The Labute approximate surface area is 303 Å². The van der Waals surface area contributed by atoms with E-state index in [9.17, 15) is 0 Å². The second-order valence-electron chi connectivity index (χ2n) is 13.1. The van der Waals surface area contributed by atoms with Crippen molar-refractivity contribution in [3.8, 4) is 22.3 Å². The van der Waals surface area contributed by atoms with Crippen LogP contribution < -0.4 is 0 Å². The fourth-order valence-electron chi connectivity index (χ4n) is 7.10. The highest BCUT2D eigenvalue weighted by Crippen LogP contribution is 2.45. The number of halogens is 1. The van der Waals surface area contributed by atoms with Gasteiger partial charge >= 0.3 is 0 Å². The molecule has 0 atom stereocenters. The van der Waals surface area contributed by atoms with Crippen LogP contribution in [0, 0.1) is 0 Å². The van der Waals surface area contributed by atoms with Crippen LogP contribution in [-0.4, -0.2) is 56.9 Å². The zero-order valence-corrected chi connectivity index (χ0v) is 29.3. The minimum Gasteiger partial charge on any atom is -0.377 e. The first-order valence-corrected chi connectivity index (χ1v) is 17.0. The van der Waals surface area contributed by atoms with E-state index in [0.717, 1.165) is 102 Å². The summed E-state index contributed by atoms with van der Waals surface area (Å²) in [5, 5.41) is 0. The van der Waals surface area contributed by atoms with Crippen LogP contribution in [0.5, 0.6) is 0 Å². The van der Waals surface area contributed by atoms with Crippen molar-refractivity contribution in [3.05, 3.63) is 162 Å². The molecule has 0 aliphatic carbocycles. The maximum atomic E-state index is 5.48. The summed E-state index contributed by atoms with van der Waals surface area (Å²) in [7, 11) is 4.21. The normalized spacial score (nSPS) is 15.0. The highest BCUT2D eigenvalue weighted by atomic mass is 35.5. The summed E-state index contributed by atoms with van der Waals surface area (Å²) in [6.45, 7) is 1.63. The van der Waals surface area contributed by atoms with Crippen LogP contribution in [0.1, 0.15) is 28.3 Å². The van der Waals surface area contributed by atoms with E-state index in [1.54, 1.807) is 0 Å². The predicted octanol–water partition coefficient (Wildman–Crippen LogP) is 10.0. The Hall–Kier alpha value is -6.11. The van der Waals surface area contributed by atoms with Gasteiger partial charge in [-0.05, 0) is 95.4 Å². The average Bonchev–Trinajstić information content (AvgIpc) is 3.95. The van der Waals surface area contributed by atoms with Crippen LogP contribution in [0.3, 0.4) is 0 Å². The predicted molar refractivity (Wildman–Crippen MR) is 216 cm³/mol. The van der Waals surface area contributed by atoms with Crippen LogP contribution in [0.4, 0.5) is 0 Å². The van der Waals surface area contributed by atoms with Gasteiger partial charge in [0, 0.05) is 66.0 Å². The summed E-state index contributed by atoms with van der Waals surface area (Å²) in [5.74, 6) is 0. The van der Waals surface area contributed by atoms with Gasteiger partial charge in [-0.25, -0.2) is 9.97 Å². The number of aromatic nitrogens is 4. The number of fused-ring (bicyclic) bond motifs is 8. The fraction of sp³-hybridized carbons (Fsp3) is 0.0909. The van der Waals surface area contributed by atoms with Crippen LogP contribution in [0.15, 0.2) is 133 Å². The molecule has 2 N–H and O–H groups in total. The monoisotopic (exact) mass is 684 g/mol. The third-order valence-corrected chi connectivity index (χ3v) is 9.56. The lowest BCUT2D eigenvalue weighted by Crippen LogP contribution is -2.14. The topological polar surface area (TPSA) is 63.8 Å². The Morgan fingerprint density at radius 1 is 0.569 bits per heavy atom. The minimum atomic E-state index is 0. The van der Waals surface area contributed by atoms with E-state index in [2.05, 4.69) is 180 Å². The van der Waals surface area contributed by atoms with Crippen molar-refractivity contribution in [2.75, 3.05) is 27.2 Å². The van der Waals surface area contributed by atoms with Crippen molar-refractivity contribution in [2.24, 2.45) is 0 Å². The molecule has 7 heterocycles. The Bertz CT molecular complexity index is 2510. The van der Waals surface area contributed by atoms with Gasteiger partial charge in [-0.3, -0.25) is 0 Å². The summed E-state index contributed by atoms with van der Waals surface area (Å²) in [6, 6.07) is 32.0. The van der Waals surface area contributed by atoms with E-state index in [-0.39, 0.29) is 12.4 Å². The minimum absolute atomic E-state index is 0. The SMILES string of the molecule is CN1C=CC(C2=Cc3cc4ccc(cc5nc(cc6[nH]c(c(C7=CCN(C)C=C7)c2n3)c(-c2ccccc2)c6-c2ccccc2)C=C5)[nH]4)=CC1.Cl. The Morgan fingerprint density at radius 3 is 1.78 bits per heavy atom. The molecule has 4 aliphatic rings. The lowest BCUT2D eigenvalue weighted by Gasteiger charge is -2.21. The smallest absolute Gasteiger partial charge is 0.0815 e. The van der Waals surface area contributed by atoms with Crippen molar-refractivity contribution >= 4 is 63.8 Å². The Morgan fingerprint density at radius 2 is 1.16 bits per heavy atom. The fourth-order valence-corrected chi connectivity index (χ4v) is 7.10. The van der Waals surface area contributed by atoms with Gasteiger partial charge in [0.1, 0.15) is 0 Å². The number of aromatic amines is 2. The Balaban J connectivity index is 0.00000374. The molecule has 0 amide bonds. The number of nitrogens with one attached hydrogen (secondary N) is 2. The molecule has 3 aromatic heterocycles. The third kappa shape index (κ3) is 6.15. The van der Waals surface area contributed by atoms with Gasteiger partial charge in [0.15, 0.2) is 0 Å². The Kier molecular flexibility index (Phi) is 8.38. The summed E-state index contributed by atoms with van der Waals surface area (Å²) < 4.78 is 0. The molecule has 5 aromatic rings. The second kappa shape index (κ2) is 13.3. The van der Waals surface area contributed by atoms with E-state index in [1.165, 1.54) is 0 Å². The molecule has 2 aromatic carbocycles. The number of likely N-dealkylation sites (N-methyl/N-ethyl adjacent to an activating group) is 2. The summed E-state index contributed by atoms with van der Waals surface area (Å²) in [6.07, 6.45) is 19.7. The highest BCUT2D eigenvalue weighted by Gasteiger charge is 2.26. The lowest BCUT2D eigenvalue weighted by molar-refractivity contribution is 0.503. The van der Waals surface area contributed by atoms with Gasteiger partial charge in [-0.15, -0.1) is 12.4 Å². The standard InChI is InChI=1S/C44H36N6.ClH/c1-49-21-17-29(18-22-49)38-27-37-26-35-14-13-33(45-35)25-34-15-16-36(46-34)28-39-40(30-9-5-3-6-10-30)41(31-11-7-4-8-12-31)44(48-39)42(43(38)47-37)32-19-23-50(2)24-20-32;/h3-21,23,25-28,45,48H,22,24H2,1-2H3;1H. The number of hydrogen-bond donors (Lipinski definition) is 2. The van der Waals surface area contributed by atoms with Crippen molar-refractivity contribution in [3.63, 3.8) is 0 Å². The molecule has 250 valence electrons. The van der Waals surface area contributed by atoms with Gasteiger partial charge in [0.2, 0.25) is 0 Å². The lowest BCUT2D eigenvalue weighted by atomic mass is 9.90. The van der Waals surface area contributed by atoms with Gasteiger partial charge in [-0.1, -0.05) is 72.8 Å². The van der Waals surface area contributed by atoms with E-state index >= 15 is 0 Å². The maximum Gasteiger partial charge on any atom is 0.0815 e. The van der Waals surface area contributed by atoms with E-state index < -0.39 is 0 Å². The van der Waals surface area contributed by atoms with Crippen LogP contribution in [0.2, 0.25) is 0 Å². The quantitative estimate of drug-likeness (QED) is 0.194. The first kappa shape index (κ1) is 32.1. The molecule has 9 rings (SSSR count). The van der Waals surface area contributed by atoms with Crippen LogP contribution in [-0.2, 0) is 0 Å². The van der Waals surface area contributed by atoms with Gasteiger partial charge in [0.25, 0.3) is 0 Å². The molecule has 0 spiro atoms. The summed E-state index contributed by atoms with van der Waals surface area (Å²) in [5.41, 5.74) is 16.6. The van der Waals surface area contributed by atoms with E-state index in [1.807, 2.05) is 0 Å². The van der Waals surface area contributed by atoms with Crippen molar-refractivity contribution in [2.45, 2.75) is 0 Å². The molecule has 0 radical (unpaired) electrons. The molecule has 7 heteroatoms.